The van der Waals surface area contributed by atoms with E-state index in [1.54, 1.807) is 24.2 Å². The van der Waals surface area contributed by atoms with E-state index in [0.717, 1.165) is 33.7 Å². The van der Waals surface area contributed by atoms with E-state index in [-0.39, 0.29) is 18.5 Å². The summed E-state index contributed by atoms with van der Waals surface area (Å²) in [5, 5.41) is 7.86. The van der Waals surface area contributed by atoms with Crippen molar-refractivity contribution in [3.05, 3.63) is 82.6 Å². The van der Waals surface area contributed by atoms with Crippen LogP contribution in [0.15, 0.2) is 60.9 Å². The second-order valence-corrected chi connectivity index (χ2v) is 10.9. The van der Waals surface area contributed by atoms with Crippen LogP contribution >= 0.6 is 11.3 Å². The number of nitrogen functional groups attached to an aromatic ring is 1. The molecule has 2 aromatic carbocycles. The summed E-state index contributed by atoms with van der Waals surface area (Å²) >= 11 is 1.40. The largest absolute Gasteiger partial charge is 0.399 e. The highest BCUT2D eigenvalue weighted by Crippen LogP contribution is 2.32. The lowest BCUT2D eigenvalue weighted by atomic mass is 9.96. The summed E-state index contributed by atoms with van der Waals surface area (Å²) < 4.78 is 39.7. The molecule has 1 aliphatic carbocycles. The summed E-state index contributed by atoms with van der Waals surface area (Å²) in [6.45, 7) is 0.481. The third-order valence-corrected chi connectivity index (χ3v) is 7.95. The van der Waals surface area contributed by atoms with E-state index in [4.69, 9.17) is 5.73 Å². The van der Waals surface area contributed by atoms with Crippen LogP contribution in [-0.2, 0) is 19.4 Å². The number of anilines is 2. The highest BCUT2D eigenvalue weighted by atomic mass is 32.1. The van der Waals surface area contributed by atoms with Gasteiger partial charge in [0.05, 0.1) is 24.9 Å². The van der Waals surface area contributed by atoms with Crippen molar-refractivity contribution in [3.8, 4) is 11.1 Å². The number of hydrogen-bond donors (Lipinski definition) is 2. The molecule has 0 aliphatic heterocycles. The first-order chi connectivity index (χ1) is 18.6. The van der Waals surface area contributed by atoms with Gasteiger partial charge in [-0.25, -0.2) is 4.98 Å². The molecule has 0 saturated heterocycles. The zero-order valence-electron chi connectivity index (χ0n) is 21.4. The molecule has 0 spiro atoms. The van der Waals surface area contributed by atoms with Gasteiger partial charge in [-0.3, -0.25) is 14.8 Å². The number of carbonyl (C=O) groups is 1. The molecular weight excluding hydrogens is 525 g/mol. The Morgan fingerprint density at radius 2 is 2.00 bits per heavy atom. The Hall–Kier alpha value is -3.70. The molecular formula is C28H29F3N6OS. The van der Waals surface area contributed by atoms with E-state index in [0.29, 0.717) is 35.8 Å². The number of alkyl halides is 3. The zero-order chi connectivity index (χ0) is 27.6. The lowest BCUT2D eigenvalue weighted by molar-refractivity contribution is -0.138. The fourth-order valence-electron chi connectivity index (χ4n) is 4.71. The molecule has 0 saturated carbocycles. The van der Waals surface area contributed by atoms with Gasteiger partial charge >= 0.3 is 6.18 Å². The van der Waals surface area contributed by atoms with Gasteiger partial charge in [0.15, 0.2) is 5.13 Å². The van der Waals surface area contributed by atoms with Crippen molar-refractivity contribution in [1.29, 1.82) is 0 Å². The molecule has 1 aliphatic rings. The molecule has 3 N–H and O–H groups in total. The van der Waals surface area contributed by atoms with Crippen LogP contribution in [0.3, 0.4) is 0 Å². The molecule has 0 radical (unpaired) electrons. The van der Waals surface area contributed by atoms with Gasteiger partial charge in [-0.2, -0.15) is 18.3 Å². The normalized spacial score (nSPS) is 15.4. The van der Waals surface area contributed by atoms with E-state index in [9.17, 15) is 18.0 Å². The summed E-state index contributed by atoms with van der Waals surface area (Å²) in [6, 6.07) is 15.0. The third-order valence-electron chi connectivity index (χ3n) is 6.92. The maximum atomic E-state index is 13.0. The number of fused-ring (bicyclic) bond motifs is 1. The van der Waals surface area contributed by atoms with Gasteiger partial charge in [0, 0.05) is 40.5 Å². The molecule has 5 rings (SSSR count). The summed E-state index contributed by atoms with van der Waals surface area (Å²) in [4.78, 5) is 20.4. The van der Waals surface area contributed by atoms with E-state index < -0.39 is 12.6 Å². The van der Waals surface area contributed by atoms with Crippen molar-refractivity contribution in [3.63, 3.8) is 0 Å². The predicted molar refractivity (Wildman–Crippen MR) is 147 cm³/mol. The minimum atomic E-state index is -4.16. The SMILES string of the molecule is CN(CCC(F)(F)F)[C@H]1CCc2nc(NC(=O)c3cccc(Cn4cc(-c5ccc(N)cc5)cn4)c3)sc2C1. The number of nitrogens with zero attached hydrogens (tertiary/aromatic N) is 4. The van der Waals surface area contributed by atoms with Crippen LogP contribution in [0.4, 0.5) is 24.0 Å². The number of hydrogen-bond acceptors (Lipinski definition) is 6. The van der Waals surface area contributed by atoms with Gasteiger partial charge in [-0.1, -0.05) is 24.3 Å². The van der Waals surface area contributed by atoms with Crippen molar-refractivity contribution in [1.82, 2.24) is 19.7 Å². The van der Waals surface area contributed by atoms with E-state index in [2.05, 4.69) is 15.4 Å². The highest BCUT2D eigenvalue weighted by Gasteiger charge is 2.30. The van der Waals surface area contributed by atoms with Crippen LogP contribution in [0.5, 0.6) is 0 Å². The molecule has 1 amide bonds. The molecule has 11 heteroatoms. The van der Waals surface area contributed by atoms with Gasteiger partial charge < -0.3 is 10.6 Å². The van der Waals surface area contributed by atoms with Crippen LogP contribution in [0.25, 0.3) is 11.1 Å². The van der Waals surface area contributed by atoms with Crippen LogP contribution < -0.4 is 11.1 Å². The number of amides is 1. The minimum absolute atomic E-state index is 0.0243. The third kappa shape index (κ3) is 6.85. The first kappa shape index (κ1) is 26.9. The average Bonchev–Trinajstić information content (AvgIpc) is 3.53. The number of nitrogens with two attached hydrogens (primary N) is 1. The molecule has 0 fully saturated rings. The first-order valence-electron chi connectivity index (χ1n) is 12.7. The van der Waals surface area contributed by atoms with E-state index in [1.807, 2.05) is 53.3 Å². The Balaban J connectivity index is 1.20. The fraction of sp³-hybridized carbons (Fsp3) is 0.321. The molecule has 2 heterocycles. The number of aromatic nitrogens is 3. The molecule has 204 valence electrons. The van der Waals surface area contributed by atoms with Crippen molar-refractivity contribution < 1.29 is 18.0 Å². The summed E-state index contributed by atoms with van der Waals surface area (Å²) in [5.74, 6) is -0.259. The molecule has 0 bridgehead atoms. The number of benzene rings is 2. The van der Waals surface area contributed by atoms with Crippen molar-refractivity contribution in [2.24, 2.45) is 0 Å². The van der Waals surface area contributed by atoms with Crippen LogP contribution in [0.2, 0.25) is 0 Å². The number of halogens is 3. The van der Waals surface area contributed by atoms with Crippen molar-refractivity contribution >= 4 is 28.1 Å². The fourth-order valence-corrected chi connectivity index (χ4v) is 5.79. The van der Waals surface area contributed by atoms with Gasteiger partial charge in [0.25, 0.3) is 5.91 Å². The van der Waals surface area contributed by atoms with Gasteiger partial charge in [0.2, 0.25) is 0 Å². The quantitative estimate of drug-likeness (QED) is 0.276. The summed E-state index contributed by atoms with van der Waals surface area (Å²) in [6.07, 6.45) is 0.826. The maximum Gasteiger partial charge on any atom is 0.390 e. The summed E-state index contributed by atoms with van der Waals surface area (Å²) in [5.41, 5.74) is 10.8. The lowest BCUT2D eigenvalue weighted by Gasteiger charge is -2.30. The Morgan fingerprint density at radius 1 is 1.21 bits per heavy atom. The smallest absolute Gasteiger partial charge is 0.390 e. The van der Waals surface area contributed by atoms with Gasteiger partial charge in [0.1, 0.15) is 0 Å². The molecule has 1 atom stereocenters. The number of carbonyl (C=O) groups excluding carboxylic acids is 1. The lowest BCUT2D eigenvalue weighted by Crippen LogP contribution is -2.38. The molecule has 39 heavy (non-hydrogen) atoms. The maximum absolute atomic E-state index is 13.0. The van der Waals surface area contributed by atoms with Gasteiger partial charge in [-0.05, 0) is 61.7 Å². The Morgan fingerprint density at radius 3 is 2.77 bits per heavy atom. The molecule has 0 unspecified atom stereocenters. The standard InChI is InChI=1S/C28H29F3N6OS/c1-36(12-11-28(29,30)31)23-9-10-24-25(14-23)39-27(34-24)35-26(38)20-4-2-3-18(13-20)16-37-17-21(15-33-37)19-5-7-22(32)8-6-19/h2-8,13,15,17,23H,9-12,14,16,32H2,1H3,(H,34,35,38)/t23-/m0/s1. The monoisotopic (exact) mass is 554 g/mol. The minimum Gasteiger partial charge on any atom is -0.399 e. The van der Waals surface area contributed by atoms with E-state index in [1.165, 1.54) is 11.3 Å². The predicted octanol–water partition coefficient (Wildman–Crippen LogP) is 5.63. The number of thiazole rings is 1. The Kier molecular flexibility index (Phi) is 7.72. The topological polar surface area (TPSA) is 89.1 Å². The van der Waals surface area contributed by atoms with Crippen LogP contribution in [-0.4, -0.2) is 51.4 Å². The second kappa shape index (κ2) is 11.2. The van der Waals surface area contributed by atoms with E-state index >= 15 is 0 Å². The number of nitrogens with one attached hydrogen (secondary N) is 1. The zero-order valence-corrected chi connectivity index (χ0v) is 22.2. The van der Waals surface area contributed by atoms with Crippen LogP contribution in [0.1, 0.15) is 39.3 Å². The number of likely N-dealkylation sites (N-methyl/N-ethyl adjacent to an activating group) is 1. The Labute approximate surface area is 228 Å². The number of aryl methyl sites for hydroxylation is 1. The highest BCUT2D eigenvalue weighted by molar-refractivity contribution is 7.15. The second-order valence-electron chi connectivity index (χ2n) is 9.83. The van der Waals surface area contributed by atoms with Crippen LogP contribution in [0, 0.1) is 0 Å². The van der Waals surface area contributed by atoms with Crippen molar-refractivity contribution in [2.45, 2.75) is 44.4 Å². The summed E-state index contributed by atoms with van der Waals surface area (Å²) in [7, 11) is 1.74. The van der Waals surface area contributed by atoms with Gasteiger partial charge in [-0.15, -0.1) is 11.3 Å². The Bertz CT molecular complexity index is 1450. The average molecular weight is 555 g/mol. The first-order valence-corrected chi connectivity index (χ1v) is 13.5. The number of rotatable bonds is 8. The van der Waals surface area contributed by atoms with Crippen molar-refractivity contribution in [2.75, 3.05) is 24.6 Å². The molecule has 2 aromatic heterocycles. The molecule has 4 aromatic rings. The molecule has 7 nitrogen and oxygen atoms in total.